The molecule has 0 saturated heterocycles. The van der Waals surface area contributed by atoms with E-state index in [0.29, 0.717) is 24.7 Å². The van der Waals surface area contributed by atoms with Gasteiger partial charge in [0, 0.05) is 17.2 Å². The van der Waals surface area contributed by atoms with Crippen molar-refractivity contribution >= 4 is 16.5 Å². The number of ether oxygens (including phenoxy) is 1. The van der Waals surface area contributed by atoms with Crippen molar-refractivity contribution in [1.82, 2.24) is 0 Å². The zero-order valence-corrected chi connectivity index (χ0v) is 9.97. The van der Waals surface area contributed by atoms with Crippen molar-refractivity contribution in [2.75, 3.05) is 24.7 Å². The highest BCUT2D eigenvalue weighted by Gasteiger charge is 2.07. The summed E-state index contributed by atoms with van der Waals surface area (Å²) in [4.78, 5) is 0.815. The Kier molecular flexibility index (Phi) is 4.78. The molecule has 0 aliphatic rings. The monoisotopic (exact) mass is 227 g/mol. The molecule has 0 bridgehead atoms. The Morgan fingerprint density at radius 2 is 2.20 bits per heavy atom. The molecular formula is C11H17NO2S. The smallest absolute Gasteiger partial charge is 0.0585 e. The molecule has 0 amide bonds. The van der Waals surface area contributed by atoms with Gasteiger partial charge in [-0.05, 0) is 31.5 Å². The molecule has 3 nitrogen and oxygen atoms in total. The first kappa shape index (κ1) is 12.2. The van der Waals surface area contributed by atoms with Gasteiger partial charge in [0.05, 0.1) is 23.2 Å². The summed E-state index contributed by atoms with van der Waals surface area (Å²) >= 11 is 0. The Hall–Kier alpha value is -0.870. The van der Waals surface area contributed by atoms with Crippen LogP contribution in [0.2, 0.25) is 0 Å². The van der Waals surface area contributed by atoms with Crippen LogP contribution in [0.5, 0.6) is 0 Å². The number of benzene rings is 1. The zero-order valence-electron chi connectivity index (χ0n) is 9.16. The summed E-state index contributed by atoms with van der Waals surface area (Å²) in [6.07, 6.45) is 0. The van der Waals surface area contributed by atoms with Crippen molar-refractivity contribution in [2.24, 2.45) is 0 Å². The van der Waals surface area contributed by atoms with Crippen molar-refractivity contribution in [2.45, 2.75) is 18.7 Å². The van der Waals surface area contributed by atoms with Gasteiger partial charge in [0.15, 0.2) is 0 Å². The number of anilines is 1. The Morgan fingerprint density at radius 1 is 1.47 bits per heavy atom. The Labute approximate surface area is 93.1 Å². The van der Waals surface area contributed by atoms with Gasteiger partial charge in [0.1, 0.15) is 0 Å². The van der Waals surface area contributed by atoms with Crippen molar-refractivity contribution in [3.8, 4) is 0 Å². The second-order valence-corrected chi connectivity index (χ2v) is 4.81. The fraction of sp³-hybridized carbons (Fsp3) is 0.455. The zero-order chi connectivity index (χ0) is 11.3. The summed E-state index contributed by atoms with van der Waals surface area (Å²) in [7, 11) is -1.01. The van der Waals surface area contributed by atoms with Gasteiger partial charge in [0.2, 0.25) is 0 Å². The summed E-state index contributed by atoms with van der Waals surface area (Å²) in [6, 6.07) is 5.49. The number of nitrogens with two attached hydrogens (primary N) is 1. The lowest BCUT2D eigenvalue weighted by atomic mass is 10.2. The maximum atomic E-state index is 11.9. The van der Waals surface area contributed by atoms with Crippen LogP contribution in [0.4, 0.5) is 5.69 Å². The third kappa shape index (κ3) is 3.64. The fourth-order valence-electron chi connectivity index (χ4n) is 1.25. The topological polar surface area (TPSA) is 52.3 Å². The van der Waals surface area contributed by atoms with E-state index in [-0.39, 0.29) is 0 Å². The van der Waals surface area contributed by atoms with E-state index in [1.807, 2.05) is 26.0 Å². The number of hydrogen-bond acceptors (Lipinski definition) is 3. The first-order chi connectivity index (χ1) is 7.15. The minimum Gasteiger partial charge on any atom is -0.399 e. The molecule has 0 fully saturated rings. The highest BCUT2D eigenvalue weighted by atomic mass is 32.2. The summed E-state index contributed by atoms with van der Waals surface area (Å²) in [6.45, 7) is 5.05. The summed E-state index contributed by atoms with van der Waals surface area (Å²) in [5.74, 6) is 0.526. The molecule has 0 spiro atoms. The standard InChI is InChI=1S/C11H17NO2S/c1-3-14-6-7-15(13)11-8-10(12)5-4-9(11)2/h4-5,8H,3,6-7,12H2,1-2H3. The fourth-order valence-corrected chi connectivity index (χ4v) is 2.43. The molecule has 1 atom stereocenters. The summed E-state index contributed by atoms with van der Waals surface area (Å²) in [5, 5.41) is 0. The summed E-state index contributed by atoms with van der Waals surface area (Å²) < 4.78 is 17.0. The maximum Gasteiger partial charge on any atom is 0.0585 e. The van der Waals surface area contributed by atoms with E-state index in [9.17, 15) is 4.21 Å². The van der Waals surface area contributed by atoms with Crippen LogP contribution in [0, 0.1) is 6.92 Å². The van der Waals surface area contributed by atoms with E-state index in [1.165, 1.54) is 0 Å². The van der Waals surface area contributed by atoms with Crippen LogP contribution in [0.3, 0.4) is 0 Å². The molecule has 4 heteroatoms. The van der Waals surface area contributed by atoms with Crippen molar-refractivity contribution < 1.29 is 8.95 Å². The van der Waals surface area contributed by atoms with Crippen LogP contribution in [-0.2, 0) is 15.5 Å². The first-order valence-corrected chi connectivity index (χ1v) is 6.29. The van der Waals surface area contributed by atoms with E-state index < -0.39 is 10.8 Å². The van der Waals surface area contributed by atoms with Crippen LogP contribution < -0.4 is 5.73 Å². The molecule has 2 N–H and O–H groups in total. The molecule has 1 aromatic carbocycles. The molecule has 0 saturated carbocycles. The Morgan fingerprint density at radius 3 is 2.87 bits per heavy atom. The van der Waals surface area contributed by atoms with Gasteiger partial charge in [-0.2, -0.15) is 0 Å². The second kappa shape index (κ2) is 5.88. The second-order valence-electron chi connectivity index (χ2n) is 3.27. The number of rotatable bonds is 5. The van der Waals surface area contributed by atoms with Crippen molar-refractivity contribution in [3.63, 3.8) is 0 Å². The quantitative estimate of drug-likeness (QED) is 0.615. The average Bonchev–Trinajstić information content (AvgIpc) is 2.22. The number of aryl methyl sites for hydroxylation is 1. The van der Waals surface area contributed by atoms with Gasteiger partial charge < -0.3 is 10.5 Å². The maximum absolute atomic E-state index is 11.9. The molecular weight excluding hydrogens is 210 g/mol. The number of hydrogen-bond donors (Lipinski definition) is 1. The van der Waals surface area contributed by atoms with Crippen LogP contribution in [0.1, 0.15) is 12.5 Å². The molecule has 0 radical (unpaired) electrons. The highest BCUT2D eigenvalue weighted by Crippen LogP contribution is 2.16. The van der Waals surface area contributed by atoms with Gasteiger partial charge in [-0.1, -0.05) is 6.07 Å². The van der Waals surface area contributed by atoms with Gasteiger partial charge in [-0.3, -0.25) is 4.21 Å². The van der Waals surface area contributed by atoms with Crippen molar-refractivity contribution in [1.29, 1.82) is 0 Å². The largest absolute Gasteiger partial charge is 0.399 e. The lowest BCUT2D eigenvalue weighted by Crippen LogP contribution is -2.07. The molecule has 1 aromatic rings. The predicted octanol–water partition coefficient (Wildman–Crippen LogP) is 1.72. The lowest BCUT2D eigenvalue weighted by molar-refractivity contribution is 0.164. The first-order valence-electron chi connectivity index (χ1n) is 4.97. The minimum absolute atomic E-state index is 0.525. The Balaban J connectivity index is 2.68. The molecule has 1 unspecified atom stereocenters. The number of nitrogen functional groups attached to an aromatic ring is 1. The molecule has 1 rings (SSSR count). The summed E-state index contributed by atoms with van der Waals surface area (Å²) in [5.41, 5.74) is 7.32. The van der Waals surface area contributed by atoms with Gasteiger partial charge in [-0.15, -0.1) is 0 Å². The van der Waals surface area contributed by atoms with Gasteiger partial charge in [-0.25, -0.2) is 0 Å². The molecule has 15 heavy (non-hydrogen) atoms. The third-order valence-corrected chi connectivity index (χ3v) is 3.54. The molecule has 0 aliphatic carbocycles. The highest BCUT2D eigenvalue weighted by molar-refractivity contribution is 7.85. The van der Waals surface area contributed by atoms with E-state index in [0.717, 1.165) is 10.5 Å². The molecule has 0 heterocycles. The molecule has 0 aliphatic heterocycles. The van der Waals surface area contributed by atoms with Gasteiger partial charge >= 0.3 is 0 Å². The molecule has 0 aromatic heterocycles. The average molecular weight is 227 g/mol. The van der Waals surface area contributed by atoms with Crippen LogP contribution in [0.25, 0.3) is 0 Å². The third-order valence-electron chi connectivity index (χ3n) is 2.07. The van der Waals surface area contributed by atoms with E-state index in [4.69, 9.17) is 10.5 Å². The van der Waals surface area contributed by atoms with Crippen LogP contribution >= 0.6 is 0 Å². The van der Waals surface area contributed by atoms with Crippen LogP contribution in [-0.4, -0.2) is 23.2 Å². The van der Waals surface area contributed by atoms with E-state index in [1.54, 1.807) is 6.07 Å². The molecule has 84 valence electrons. The predicted molar refractivity (Wildman–Crippen MR) is 63.4 cm³/mol. The Bertz CT molecular complexity index is 352. The van der Waals surface area contributed by atoms with Crippen molar-refractivity contribution in [3.05, 3.63) is 23.8 Å². The SMILES string of the molecule is CCOCCS(=O)c1cc(N)ccc1C. The minimum atomic E-state index is -1.01. The van der Waals surface area contributed by atoms with Gasteiger partial charge in [0.25, 0.3) is 0 Å². The van der Waals surface area contributed by atoms with E-state index >= 15 is 0 Å². The van der Waals surface area contributed by atoms with Crippen LogP contribution in [0.15, 0.2) is 23.1 Å². The lowest BCUT2D eigenvalue weighted by Gasteiger charge is -2.06. The normalized spacial score (nSPS) is 12.7. The van der Waals surface area contributed by atoms with E-state index in [2.05, 4.69) is 0 Å².